The average Bonchev–Trinajstić information content (AvgIpc) is 2.38. The Morgan fingerprint density at radius 2 is 2.21 bits per heavy atom. The summed E-state index contributed by atoms with van der Waals surface area (Å²) in [6, 6.07) is 6.11. The SMILES string of the molecule is COc1cccc(F)c1C(=O)N(CCC#N)C(C)C. The van der Waals surface area contributed by atoms with Gasteiger partial charge in [-0.2, -0.15) is 5.26 Å². The van der Waals surface area contributed by atoms with E-state index in [0.717, 1.165) is 0 Å². The molecule has 1 rings (SSSR count). The van der Waals surface area contributed by atoms with Crippen LogP contribution in [0, 0.1) is 17.1 Å². The fraction of sp³-hybridized carbons (Fsp3) is 0.429. The first-order valence-electron chi connectivity index (χ1n) is 6.03. The van der Waals surface area contributed by atoms with Crippen molar-refractivity contribution in [2.45, 2.75) is 26.3 Å². The van der Waals surface area contributed by atoms with Crippen LogP contribution in [0.15, 0.2) is 18.2 Å². The summed E-state index contributed by atoms with van der Waals surface area (Å²) in [6.45, 7) is 3.91. The maximum absolute atomic E-state index is 13.8. The third-order valence-corrected chi connectivity index (χ3v) is 2.76. The van der Waals surface area contributed by atoms with Gasteiger partial charge in [0, 0.05) is 12.6 Å². The van der Waals surface area contributed by atoms with Crippen LogP contribution in [0.5, 0.6) is 5.75 Å². The van der Waals surface area contributed by atoms with E-state index in [0.29, 0.717) is 0 Å². The van der Waals surface area contributed by atoms with Crippen LogP contribution < -0.4 is 4.74 Å². The van der Waals surface area contributed by atoms with Gasteiger partial charge in [0.15, 0.2) is 0 Å². The van der Waals surface area contributed by atoms with Crippen LogP contribution in [-0.4, -0.2) is 30.5 Å². The molecule has 0 aliphatic heterocycles. The smallest absolute Gasteiger partial charge is 0.260 e. The highest BCUT2D eigenvalue weighted by molar-refractivity contribution is 5.97. The fourth-order valence-electron chi connectivity index (χ4n) is 1.79. The molecule has 0 atom stereocenters. The molecule has 0 spiro atoms. The van der Waals surface area contributed by atoms with Crippen molar-refractivity contribution in [3.8, 4) is 11.8 Å². The number of benzene rings is 1. The Hall–Kier alpha value is -2.09. The van der Waals surface area contributed by atoms with Gasteiger partial charge < -0.3 is 9.64 Å². The summed E-state index contributed by atoms with van der Waals surface area (Å²) in [7, 11) is 1.39. The van der Waals surface area contributed by atoms with Crippen molar-refractivity contribution in [1.82, 2.24) is 4.90 Å². The van der Waals surface area contributed by atoms with Gasteiger partial charge in [0.1, 0.15) is 17.1 Å². The Morgan fingerprint density at radius 3 is 2.74 bits per heavy atom. The zero-order valence-electron chi connectivity index (χ0n) is 11.3. The second kappa shape index (κ2) is 6.74. The van der Waals surface area contributed by atoms with Crippen molar-refractivity contribution < 1.29 is 13.9 Å². The first-order valence-corrected chi connectivity index (χ1v) is 6.03. The normalized spacial score (nSPS) is 10.1. The Kier molecular flexibility index (Phi) is 5.31. The van der Waals surface area contributed by atoms with Gasteiger partial charge in [-0.25, -0.2) is 4.39 Å². The van der Waals surface area contributed by atoms with E-state index in [9.17, 15) is 9.18 Å². The molecular weight excluding hydrogens is 247 g/mol. The number of rotatable bonds is 5. The van der Waals surface area contributed by atoms with Crippen molar-refractivity contribution in [1.29, 1.82) is 5.26 Å². The van der Waals surface area contributed by atoms with Gasteiger partial charge in [-0.05, 0) is 26.0 Å². The average molecular weight is 264 g/mol. The largest absolute Gasteiger partial charge is 0.496 e. The van der Waals surface area contributed by atoms with Crippen molar-refractivity contribution in [2.24, 2.45) is 0 Å². The minimum Gasteiger partial charge on any atom is -0.496 e. The summed E-state index contributed by atoms with van der Waals surface area (Å²) in [6.07, 6.45) is 0.209. The number of methoxy groups -OCH3 is 1. The minimum atomic E-state index is -0.619. The summed E-state index contributed by atoms with van der Waals surface area (Å²) in [5.74, 6) is -0.875. The van der Waals surface area contributed by atoms with E-state index in [1.165, 1.54) is 24.1 Å². The molecule has 0 aromatic heterocycles. The molecule has 0 radical (unpaired) electrons. The molecule has 0 bridgehead atoms. The Balaban J connectivity index is 3.13. The van der Waals surface area contributed by atoms with Gasteiger partial charge in [0.2, 0.25) is 0 Å². The van der Waals surface area contributed by atoms with Crippen LogP contribution >= 0.6 is 0 Å². The summed E-state index contributed by atoms with van der Waals surface area (Å²) < 4.78 is 18.9. The highest BCUT2D eigenvalue weighted by atomic mass is 19.1. The van der Waals surface area contributed by atoms with Gasteiger partial charge in [-0.1, -0.05) is 6.07 Å². The molecule has 102 valence electrons. The van der Waals surface area contributed by atoms with Crippen LogP contribution in [0.4, 0.5) is 4.39 Å². The number of carbonyl (C=O) groups is 1. The van der Waals surface area contributed by atoms with Gasteiger partial charge in [0.25, 0.3) is 5.91 Å². The van der Waals surface area contributed by atoms with Crippen LogP contribution in [0.25, 0.3) is 0 Å². The number of hydrogen-bond acceptors (Lipinski definition) is 3. The standard InChI is InChI=1S/C14H17FN2O2/c1-10(2)17(9-5-8-16)14(18)13-11(15)6-4-7-12(13)19-3/h4,6-7,10H,5,9H2,1-3H3. The molecule has 4 nitrogen and oxygen atoms in total. The van der Waals surface area contributed by atoms with Crippen molar-refractivity contribution >= 4 is 5.91 Å². The molecule has 0 aliphatic rings. The first-order chi connectivity index (χ1) is 9.02. The number of nitriles is 1. The lowest BCUT2D eigenvalue weighted by Gasteiger charge is -2.26. The van der Waals surface area contributed by atoms with Crippen molar-refractivity contribution in [2.75, 3.05) is 13.7 Å². The molecule has 0 heterocycles. The number of carbonyl (C=O) groups excluding carboxylic acids is 1. The summed E-state index contributed by atoms with van der Waals surface area (Å²) in [5.41, 5.74) is -0.0864. The minimum absolute atomic E-state index is 0.0864. The molecule has 1 amide bonds. The number of amides is 1. The van der Waals surface area contributed by atoms with Crippen LogP contribution in [-0.2, 0) is 0 Å². The molecule has 1 aromatic rings. The van der Waals surface area contributed by atoms with Crippen LogP contribution in [0.1, 0.15) is 30.6 Å². The van der Waals surface area contributed by atoms with Gasteiger partial charge in [-0.3, -0.25) is 4.79 Å². The lowest BCUT2D eigenvalue weighted by molar-refractivity contribution is 0.0702. The predicted octanol–water partition coefficient (Wildman–Crippen LogP) is 2.60. The molecule has 0 N–H and O–H groups in total. The number of halogens is 1. The predicted molar refractivity (Wildman–Crippen MR) is 69.4 cm³/mol. The lowest BCUT2D eigenvalue weighted by Crippen LogP contribution is -2.38. The number of nitrogens with zero attached hydrogens (tertiary/aromatic N) is 2. The van der Waals surface area contributed by atoms with Crippen molar-refractivity contribution in [3.63, 3.8) is 0 Å². The van der Waals surface area contributed by atoms with E-state index >= 15 is 0 Å². The second-order valence-corrected chi connectivity index (χ2v) is 4.32. The molecule has 0 saturated carbocycles. The van der Waals surface area contributed by atoms with E-state index in [1.807, 2.05) is 19.9 Å². The van der Waals surface area contributed by atoms with Crippen LogP contribution in [0.2, 0.25) is 0 Å². The zero-order chi connectivity index (χ0) is 14.4. The topological polar surface area (TPSA) is 53.3 Å². The zero-order valence-corrected chi connectivity index (χ0v) is 11.3. The summed E-state index contributed by atoms with van der Waals surface area (Å²) in [5, 5.41) is 8.62. The monoisotopic (exact) mass is 264 g/mol. The van der Waals surface area contributed by atoms with Crippen LogP contribution in [0.3, 0.4) is 0 Å². The van der Waals surface area contributed by atoms with E-state index in [4.69, 9.17) is 10.00 Å². The molecule has 1 aromatic carbocycles. The maximum Gasteiger partial charge on any atom is 0.260 e. The highest BCUT2D eigenvalue weighted by Crippen LogP contribution is 2.23. The summed E-state index contributed by atoms with van der Waals surface area (Å²) >= 11 is 0. The molecule has 0 saturated heterocycles. The Bertz CT molecular complexity index is 495. The highest BCUT2D eigenvalue weighted by Gasteiger charge is 2.24. The molecule has 0 fully saturated rings. The third kappa shape index (κ3) is 3.44. The third-order valence-electron chi connectivity index (χ3n) is 2.76. The molecular formula is C14H17FN2O2. The van der Waals surface area contributed by atoms with Gasteiger partial charge in [-0.15, -0.1) is 0 Å². The lowest BCUT2D eigenvalue weighted by atomic mass is 10.1. The van der Waals surface area contributed by atoms with Gasteiger partial charge >= 0.3 is 0 Å². The maximum atomic E-state index is 13.8. The molecule has 0 aliphatic carbocycles. The Morgan fingerprint density at radius 1 is 1.53 bits per heavy atom. The number of hydrogen-bond donors (Lipinski definition) is 0. The quantitative estimate of drug-likeness (QED) is 0.821. The summed E-state index contributed by atoms with van der Waals surface area (Å²) in [4.78, 5) is 13.9. The molecule has 0 unspecified atom stereocenters. The Labute approximate surface area is 112 Å². The van der Waals surface area contributed by atoms with E-state index < -0.39 is 11.7 Å². The fourth-order valence-corrected chi connectivity index (χ4v) is 1.79. The molecule has 5 heteroatoms. The van der Waals surface area contributed by atoms with E-state index in [-0.39, 0.29) is 30.3 Å². The first kappa shape index (κ1) is 15.0. The van der Waals surface area contributed by atoms with Gasteiger partial charge in [0.05, 0.1) is 19.6 Å². The van der Waals surface area contributed by atoms with E-state index in [1.54, 1.807) is 6.07 Å². The van der Waals surface area contributed by atoms with Crippen molar-refractivity contribution in [3.05, 3.63) is 29.6 Å². The van der Waals surface area contributed by atoms with E-state index in [2.05, 4.69) is 0 Å². The second-order valence-electron chi connectivity index (χ2n) is 4.32. The number of ether oxygens (including phenoxy) is 1. The molecule has 19 heavy (non-hydrogen) atoms.